The summed E-state index contributed by atoms with van der Waals surface area (Å²) < 4.78 is 10.7. The van der Waals surface area contributed by atoms with Gasteiger partial charge in [-0.15, -0.1) is 0 Å². The molecule has 0 aliphatic heterocycles. The summed E-state index contributed by atoms with van der Waals surface area (Å²) in [5, 5.41) is 3.07. The zero-order chi connectivity index (χ0) is 23.1. The summed E-state index contributed by atoms with van der Waals surface area (Å²) in [6.45, 7) is 5.61. The van der Waals surface area contributed by atoms with Gasteiger partial charge in [-0.1, -0.05) is 60.7 Å². The molecule has 2 aromatic rings. The lowest BCUT2D eigenvalue weighted by molar-refractivity contribution is -0.173. The lowest BCUT2D eigenvalue weighted by Crippen LogP contribution is -2.46. The Bertz CT molecular complexity index is 910. The van der Waals surface area contributed by atoms with Crippen molar-refractivity contribution in [1.29, 1.82) is 0 Å². The molecule has 3 rings (SSSR count). The van der Waals surface area contributed by atoms with Crippen molar-refractivity contribution in [3.8, 4) is 0 Å². The third kappa shape index (κ3) is 4.54. The van der Waals surface area contributed by atoms with Gasteiger partial charge in [0.15, 0.2) is 5.41 Å². The van der Waals surface area contributed by atoms with Gasteiger partial charge in [0.05, 0.1) is 19.3 Å². The van der Waals surface area contributed by atoms with Gasteiger partial charge in [-0.2, -0.15) is 0 Å². The van der Waals surface area contributed by atoms with Gasteiger partial charge in [0, 0.05) is 11.8 Å². The van der Waals surface area contributed by atoms with Crippen LogP contribution in [0, 0.1) is 11.3 Å². The van der Waals surface area contributed by atoms with E-state index in [0.29, 0.717) is 6.42 Å². The summed E-state index contributed by atoms with van der Waals surface area (Å²) in [6, 6.07) is 18.7. The van der Waals surface area contributed by atoms with Crippen molar-refractivity contribution in [2.24, 2.45) is 11.3 Å². The summed E-state index contributed by atoms with van der Waals surface area (Å²) >= 11 is 0. The molecule has 0 radical (unpaired) electrons. The minimum atomic E-state index is -1.55. The minimum Gasteiger partial charge on any atom is -0.465 e. The van der Waals surface area contributed by atoms with Gasteiger partial charge < -0.3 is 14.8 Å². The van der Waals surface area contributed by atoms with Crippen molar-refractivity contribution in [3.05, 3.63) is 71.8 Å². The molecule has 0 heterocycles. The Morgan fingerprint density at radius 3 is 2.00 bits per heavy atom. The lowest BCUT2D eigenvalue weighted by Gasteiger charge is -2.33. The maximum Gasteiger partial charge on any atom is 0.324 e. The molecule has 1 fully saturated rings. The van der Waals surface area contributed by atoms with Gasteiger partial charge in [-0.05, 0) is 44.7 Å². The van der Waals surface area contributed by atoms with E-state index < -0.39 is 29.2 Å². The first kappa shape index (κ1) is 23.5. The van der Waals surface area contributed by atoms with E-state index in [1.165, 1.54) is 0 Å². The van der Waals surface area contributed by atoms with Gasteiger partial charge in [0.25, 0.3) is 0 Å². The van der Waals surface area contributed by atoms with Crippen LogP contribution in [0.25, 0.3) is 0 Å². The van der Waals surface area contributed by atoms with Crippen LogP contribution in [-0.4, -0.2) is 31.1 Å². The fourth-order valence-corrected chi connectivity index (χ4v) is 4.72. The molecule has 6 heteroatoms. The number of rotatable bonds is 8. The molecule has 1 saturated carbocycles. The first-order valence-electron chi connectivity index (χ1n) is 11.2. The van der Waals surface area contributed by atoms with E-state index in [1.54, 1.807) is 13.8 Å². The Balaban J connectivity index is 2.00. The highest BCUT2D eigenvalue weighted by Gasteiger charge is 2.62. The van der Waals surface area contributed by atoms with Crippen molar-refractivity contribution < 1.29 is 23.9 Å². The first-order chi connectivity index (χ1) is 15.5. The third-order valence-corrected chi connectivity index (χ3v) is 6.22. The molecule has 0 saturated heterocycles. The van der Waals surface area contributed by atoms with Crippen molar-refractivity contribution in [1.82, 2.24) is 5.32 Å². The Hall–Kier alpha value is -3.15. The summed E-state index contributed by atoms with van der Waals surface area (Å²) in [7, 11) is 0. The van der Waals surface area contributed by atoms with Crippen LogP contribution < -0.4 is 5.32 Å². The molecule has 1 N–H and O–H groups in total. The van der Waals surface area contributed by atoms with Crippen LogP contribution in [0.2, 0.25) is 0 Å². The number of nitrogens with one attached hydrogen (secondary N) is 1. The van der Waals surface area contributed by atoms with Gasteiger partial charge in [0.1, 0.15) is 0 Å². The summed E-state index contributed by atoms with van der Waals surface area (Å²) in [6.07, 6.45) is 0.576. The average molecular weight is 438 g/mol. The standard InChI is InChI=1S/C26H31NO5/c1-4-31-24(29)26(25(30)32-5-2)17-16-21(22(26)20-14-10-7-11-15-20)23(28)27-18(3)19-12-8-6-9-13-19/h6-15,18,21-22H,4-5,16-17H2,1-3H3,(H,27,28)/t18-,21-,22+/m0/s1. The van der Waals surface area contributed by atoms with Crippen molar-refractivity contribution in [2.45, 2.75) is 45.6 Å². The largest absolute Gasteiger partial charge is 0.465 e. The van der Waals surface area contributed by atoms with E-state index in [0.717, 1.165) is 11.1 Å². The number of hydrogen-bond acceptors (Lipinski definition) is 5. The molecule has 3 atom stereocenters. The quantitative estimate of drug-likeness (QED) is 0.495. The third-order valence-electron chi connectivity index (χ3n) is 6.22. The highest BCUT2D eigenvalue weighted by Crippen LogP contribution is 2.54. The molecule has 1 aliphatic rings. The molecular formula is C26H31NO5. The molecule has 1 amide bonds. The van der Waals surface area contributed by atoms with Gasteiger partial charge in [-0.3, -0.25) is 14.4 Å². The predicted octanol–water partition coefficient (Wildman–Crippen LogP) is 4.17. The molecule has 32 heavy (non-hydrogen) atoms. The number of ether oxygens (including phenoxy) is 2. The summed E-state index contributed by atoms with van der Waals surface area (Å²) in [4.78, 5) is 39.9. The maximum atomic E-state index is 13.4. The maximum absolute atomic E-state index is 13.4. The number of carbonyl (C=O) groups is 3. The second-order valence-electron chi connectivity index (χ2n) is 8.09. The number of esters is 2. The van der Waals surface area contributed by atoms with Crippen molar-refractivity contribution in [2.75, 3.05) is 13.2 Å². The molecule has 0 aromatic heterocycles. The molecule has 0 bridgehead atoms. The molecular weight excluding hydrogens is 406 g/mol. The topological polar surface area (TPSA) is 81.7 Å². The average Bonchev–Trinajstić information content (AvgIpc) is 3.22. The highest BCUT2D eigenvalue weighted by molar-refractivity contribution is 6.03. The molecule has 2 aromatic carbocycles. The fraction of sp³-hybridized carbons (Fsp3) is 0.423. The Kier molecular flexibility index (Phi) is 7.67. The summed E-state index contributed by atoms with van der Waals surface area (Å²) in [5.41, 5.74) is 0.182. The van der Waals surface area contributed by atoms with Crippen LogP contribution in [0.3, 0.4) is 0 Å². The molecule has 0 spiro atoms. The SMILES string of the molecule is CCOC(=O)C1(C(=O)OCC)CC[C@H](C(=O)N[C@@H](C)c2ccccc2)[C@H]1c1ccccc1. The van der Waals surface area contributed by atoms with E-state index in [2.05, 4.69) is 5.32 Å². The van der Waals surface area contributed by atoms with E-state index in [-0.39, 0.29) is 31.6 Å². The van der Waals surface area contributed by atoms with Crippen LogP contribution in [0.1, 0.15) is 56.7 Å². The van der Waals surface area contributed by atoms with Crippen LogP contribution in [0.4, 0.5) is 0 Å². The predicted molar refractivity (Wildman–Crippen MR) is 121 cm³/mol. The Morgan fingerprint density at radius 1 is 0.938 bits per heavy atom. The Morgan fingerprint density at radius 2 is 1.47 bits per heavy atom. The normalized spacial score (nSPS) is 20.2. The highest BCUT2D eigenvalue weighted by atomic mass is 16.6. The lowest BCUT2D eigenvalue weighted by atomic mass is 9.71. The smallest absolute Gasteiger partial charge is 0.324 e. The number of carbonyl (C=O) groups excluding carboxylic acids is 3. The van der Waals surface area contributed by atoms with Crippen LogP contribution >= 0.6 is 0 Å². The second-order valence-corrected chi connectivity index (χ2v) is 8.09. The molecule has 6 nitrogen and oxygen atoms in total. The molecule has 170 valence electrons. The number of hydrogen-bond donors (Lipinski definition) is 1. The summed E-state index contributed by atoms with van der Waals surface area (Å²) in [5.74, 6) is -2.69. The minimum absolute atomic E-state index is 0.142. The molecule has 0 unspecified atom stereocenters. The zero-order valence-electron chi connectivity index (χ0n) is 18.9. The van der Waals surface area contributed by atoms with E-state index in [1.807, 2.05) is 67.6 Å². The van der Waals surface area contributed by atoms with Crippen LogP contribution in [0.15, 0.2) is 60.7 Å². The van der Waals surface area contributed by atoms with Crippen molar-refractivity contribution >= 4 is 17.8 Å². The van der Waals surface area contributed by atoms with Gasteiger partial charge >= 0.3 is 11.9 Å². The Labute approximate surface area is 189 Å². The number of benzene rings is 2. The van der Waals surface area contributed by atoms with Crippen molar-refractivity contribution in [3.63, 3.8) is 0 Å². The zero-order valence-corrected chi connectivity index (χ0v) is 18.9. The first-order valence-corrected chi connectivity index (χ1v) is 11.2. The molecule has 1 aliphatic carbocycles. The van der Waals surface area contributed by atoms with Gasteiger partial charge in [0.2, 0.25) is 5.91 Å². The van der Waals surface area contributed by atoms with E-state index in [4.69, 9.17) is 9.47 Å². The van der Waals surface area contributed by atoms with Gasteiger partial charge in [-0.25, -0.2) is 0 Å². The van der Waals surface area contributed by atoms with E-state index >= 15 is 0 Å². The number of amides is 1. The second kappa shape index (κ2) is 10.4. The fourth-order valence-electron chi connectivity index (χ4n) is 4.72. The van der Waals surface area contributed by atoms with Crippen LogP contribution in [0.5, 0.6) is 0 Å². The van der Waals surface area contributed by atoms with Crippen LogP contribution in [-0.2, 0) is 23.9 Å². The van der Waals surface area contributed by atoms with E-state index in [9.17, 15) is 14.4 Å². The monoisotopic (exact) mass is 437 g/mol.